The number of carbonyl (C=O) groups excluding carboxylic acids is 1. The summed E-state index contributed by atoms with van der Waals surface area (Å²) in [5.74, 6) is 3.52. The summed E-state index contributed by atoms with van der Waals surface area (Å²) in [6.07, 6.45) is 9.34. The van der Waals surface area contributed by atoms with E-state index in [1.54, 1.807) is 0 Å². The molecule has 0 amide bonds. The highest BCUT2D eigenvalue weighted by atomic mass is 16.6. The van der Waals surface area contributed by atoms with E-state index in [0.717, 1.165) is 44.9 Å². The summed E-state index contributed by atoms with van der Waals surface area (Å²) < 4.78 is 0. The van der Waals surface area contributed by atoms with Crippen molar-refractivity contribution in [1.29, 1.82) is 0 Å². The lowest BCUT2D eigenvalue weighted by Crippen LogP contribution is -2.56. The molecule has 0 spiro atoms. The largest absolute Gasteiger partial charge is 0.396 e. The fourth-order valence-electron chi connectivity index (χ4n) is 7.83. The van der Waals surface area contributed by atoms with Gasteiger partial charge in [-0.2, -0.15) is 0 Å². The lowest BCUT2D eigenvalue weighted by molar-refractivity contribution is -0.143. The fourth-order valence-corrected chi connectivity index (χ4v) is 7.83. The van der Waals surface area contributed by atoms with Crippen molar-refractivity contribution in [3.8, 4) is 0 Å². The van der Waals surface area contributed by atoms with E-state index in [4.69, 9.17) is 10.6 Å². The first-order valence-electron chi connectivity index (χ1n) is 11.5. The Balaban J connectivity index is 1.60. The molecule has 0 aliphatic heterocycles. The molecule has 28 heavy (non-hydrogen) atoms. The molecule has 0 aromatic rings. The minimum absolute atomic E-state index is 0.0779. The zero-order valence-corrected chi connectivity index (χ0v) is 17.7. The Hall–Kier alpha value is -0.940. The number of nitrogens with two attached hydrogens (primary N) is 1. The molecule has 1 unspecified atom stereocenters. The van der Waals surface area contributed by atoms with Crippen molar-refractivity contribution in [2.45, 2.75) is 71.6 Å². The van der Waals surface area contributed by atoms with Gasteiger partial charge >= 0.3 is 0 Å². The molecule has 0 radical (unpaired) electrons. The van der Waals surface area contributed by atoms with Crippen LogP contribution < -0.4 is 5.73 Å². The third-order valence-electron chi connectivity index (χ3n) is 9.29. The molecule has 0 aromatic heterocycles. The van der Waals surface area contributed by atoms with E-state index < -0.39 is 0 Å². The van der Waals surface area contributed by atoms with E-state index in [1.807, 2.05) is 0 Å². The number of ketones is 1. The second-order valence-corrected chi connectivity index (χ2v) is 10.4. The Morgan fingerprint density at radius 1 is 1.18 bits per heavy atom. The predicted octanol–water partition coefficient (Wildman–Crippen LogP) is 3.54. The average Bonchev–Trinajstić information content (AvgIpc) is 2.98. The second kappa shape index (κ2) is 7.71. The van der Waals surface area contributed by atoms with Crippen molar-refractivity contribution < 1.29 is 14.7 Å². The molecule has 4 saturated carbocycles. The van der Waals surface area contributed by atoms with Crippen LogP contribution in [0.1, 0.15) is 71.6 Å². The quantitative estimate of drug-likeness (QED) is 0.555. The van der Waals surface area contributed by atoms with Crippen molar-refractivity contribution in [3.05, 3.63) is 0 Å². The summed E-state index contributed by atoms with van der Waals surface area (Å²) in [6.45, 7) is 5.98. The summed E-state index contributed by atoms with van der Waals surface area (Å²) in [4.78, 5) is 18.1. The van der Waals surface area contributed by atoms with Crippen LogP contribution in [0, 0.1) is 40.4 Å². The molecule has 7 atom stereocenters. The van der Waals surface area contributed by atoms with Gasteiger partial charge < -0.3 is 15.7 Å². The summed E-state index contributed by atoms with van der Waals surface area (Å²) in [6, 6.07) is 0. The first-order valence-corrected chi connectivity index (χ1v) is 11.5. The molecule has 3 N–H and O–H groups in total. The molecule has 4 fully saturated rings. The van der Waals surface area contributed by atoms with Gasteiger partial charge in [0.1, 0.15) is 12.4 Å². The first-order chi connectivity index (χ1) is 13.4. The standard InChI is InChI=1S/C23H38N2O3/c1-22-8-5-16(25-28-12-10-24)14-20(22)15(7-11-26)13-17-18-3-4-21(27)23(18,2)9-6-19(17)22/h15,17-20,26H,3-14,24H2,1-2H3/t15-,17-,18-,19-,20?,22+,23-/m0/s1. The van der Waals surface area contributed by atoms with Crippen molar-refractivity contribution in [2.24, 2.45) is 51.3 Å². The number of aliphatic hydroxyl groups is 1. The monoisotopic (exact) mass is 390 g/mol. The van der Waals surface area contributed by atoms with Crippen molar-refractivity contribution in [1.82, 2.24) is 0 Å². The van der Waals surface area contributed by atoms with Gasteiger partial charge in [0, 0.05) is 25.0 Å². The molecule has 5 heteroatoms. The molecule has 5 nitrogen and oxygen atoms in total. The molecule has 4 aliphatic rings. The Labute approximate surface area is 169 Å². The van der Waals surface area contributed by atoms with Crippen LogP contribution in [-0.4, -0.2) is 36.4 Å². The normalized spacial score (nSPS) is 46.8. The molecule has 0 aromatic carbocycles. The highest BCUT2D eigenvalue weighted by molar-refractivity contribution is 5.87. The summed E-state index contributed by atoms with van der Waals surface area (Å²) in [5.41, 5.74) is 6.91. The molecule has 0 saturated heterocycles. The zero-order valence-electron chi connectivity index (χ0n) is 17.7. The number of hydrogen-bond donors (Lipinski definition) is 2. The van der Waals surface area contributed by atoms with Crippen LogP contribution in [0.3, 0.4) is 0 Å². The molecule has 158 valence electrons. The fraction of sp³-hybridized carbons (Fsp3) is 0.913. The Bertz CT molecular complexity index is 635. The van der Waals surface area contributed by atoms with Gasteiger partial charge in [0.05, 0.1) is 5.71 Å². The maximum absolute atomic E-state index is 12.7. The van der Waals surface area contributed by atoms with E-state index in [2.05, 4.69) is 19.0 Å². The topological polar surface area (TPSA) is 84.9 Å². The van der Waals surface area contributed by atoms with Crippen LogP contribution in [0.15, 0.2) is 5.16 Å². The number of carbonyl (C=O) groups is 1. The van der Waals surface area contributed by atoms with Crippen LogP contribution in [-0.2, 0) is 9.63 Å². The van der Waals surface area contributed by atoms with Crippen molar-refractivity contribution >= 4 is 11.5 Å². The first kappa shape index (κ1) is 20.3. The minimum atomic E-state index is -0.0779. The number of rotatable bonds is 5. The van der Waals surface area contributed by atoms with E-state index in [-0.39, 0.29) is 12.0 Å². The minimum Gasteiger partial charge on any atom is -0.396 e. The van der Waals surface area contributed by atoms with Crippen molar-refractivity contribution in [2.75, 3.05) is 19.8 Å². The maximum atomic E-state index is 12.7. The highest BCUT2D eigenvalue weighted by Gasteiger charge is 2.61. The molecular weight excluding hydrogens is 352 g/mol. The van der Waals surface area contributed by atoms with Gasteiger partial charge in [-0.15, -0.1) is 0 Å². The van der Waals surface area contributed by atoms with Crippen LogP contribution in [0.4, 0.5) is 0 Å². The Morgan fingerprint density at radius 3 is 2.75 bits per heavy atom. The SMILES string of the molecule is C[C@]12CCC(=NOCCN)CC1[C@@H](CCO)C[C@@H]1[C@@H]2CC[C@]2(C)C(=O)CC[C@@H]12. The van der Waals surface area contributed by atoms with Gasteiger partial charge in [0.15, 0.2) is 0 Å². The van der Waals surface area contributed by atoms with E-state index in [9.17, 15) is 9.90 Å². The maximum Gasteiger partial charge on any atom is 0.139 e. The van der Waals surface area contributed by atoms with Crippen LogP contribution in [0.2, 0.25) is 0 Å². The number of fused-ring (bicyclic) bond motifs is 5. The lowest BCUT2D eigenvalue weighted by Gasteiger charge is -2.62. The summed E-state index contributed by atoms with van der Waals surface area (Å²) in [7, 11) is 0. The molecular formula is C23H38N2O3. The highest BCUT2D eigenvalue weighted by Crippen LogP contribution is 2.66. The summed E-state index contributed by atoms with van der Waals surface area (Å²) in [5, 5.41) is 14.2. The van der Waals surface area contributed by atoms with Gasteiger partial charge in [-0.3, -0.25) is 4.79 Å². The Kier molecular flexibility index (Phi) is 5.60. The predicted molar refractivity (Wildman–Crippen MR) is 110 cm³/mol. The van der Waals surface area contributed by atoms with Gasteiger partial charge in [0.25, 0.3) is 0 Å². The van der Waals surface area contributed by atoms with Gasteiger partial charge in [-0.05, 0) is 86.4 Å². The van der Waals surface area contributed by atoms with Gasteiger partial charge in [-0.25, -0.2) is 0 Å². The van der Waals surface area contributed by atoms with E-state index in [1.165, 1.54) is 18.6 Å². The Morgan fingerprint density at radius 2 is 2.00 bits per heavy atom. The smallest absolute Gasteiger partial charge is 0.139 e. The van der Waals surface area contributed by atoms with E-state index >= 15 is 0 Å². The zero-order chi connectivity index (χ0) is 19.9. The average molecular weight is 391 g/mol. The van der Waals surface area contributed by atoms with Gasteiger partial charge in [0.2, 0.25) is 0 Å². The third kappa shape index (κ3) is 3.13. The van der Waals surface area contributed by atoms with Crippen molar-refractivity contribution in [3.63, 3.8) is 0 Å². The van der Waals surface area contributed by atoms with Crippen LogP contribution in [0.5, 0.6) is 0 Å². The van der Waals surface area contributed by atoms with E-state index in [0.29, 0.717) is 53.9 Å². The van der Waals surface area contributed by atoms with Crippen LogP contribution >= 0.6 is 0 Å². The molecule has 4 rings (SSSR count). The molecule has 4 aliphatic carbocycles. The lowest BCUT2D eigenvalue weighted by atomic mass is 9.43. The number of oxime groups is 1. The number of Topliss-reactive ketones (excluding diaryl/α,β-unsaturated/α-hetero) is 1. The number of nitrogens with zero attached hydrogens (tertiary/aromatic N) is 1. The molecule has 0 heterocycles. The van der Waals surface area contributed by atoms with Crippen LogP contribution in [0.25, 0.3) is 0 Å². The number of aliphatic hydroxyl groups excluding tert-OH is 1. The second-order valence-electron chi connectivity index (χ2n) is 10.4. The van der Waals surface area contributed by atoms with Gasteiger partial charge in [-0.1, -0.05) is 19.0 Å². The number of hydrogen-bond acceptors (Lipinski definition) is 5. The third-order valence-corrected chi connectivity index (χ3v) is 9.29. The summed E-state index contributed by atoms with van der Waals surface area (Å²) >= 11 is 0. The molecule has 0 bridgehead atoms.